The number of benzene rings is 2. The Bertz CT molecular complexity index is 1380. The molecule has 2 amide bonds. The van der Waals surface area contributed by atoms with Gasteiger partial charge in [0, 0.05) is 30.9 Å². The number of rotatable bonds is 11. The molecule has 0 spiro atoms. The number of amides is 2. The Morgan fingerprint density at radius 2 is 1.55 bits per heavy atom. The Hall–Kier alpha value is -4.14. The number of carbonyl (C=O) groups is 2. The quantitative estimate of drug-likeness (QED) is 0.0681. The van der Waals surface area contributed by atoms with Crippen LogP contribution >= 0.6 is 11.3 Å². The third-order valence-electron chi connectivity index (χ3n) is 5.53. The first-order valence-electron chi connectivity index (χ1n) is 12.0. The van der Waals surface area contributed by atoms with Crippen molar-refractivity contribution in [2.45, 2.75) is 37.8 Å². The second kappa shape index (κ2) is 13.4. The Balaban J connectivity index is 1.71. The van der Waals surface area contributed by atoms with Gasteiger partial charge in [0.15, 0.2) is 11.9 Å². The van der Waals surface area contributed by atoms with Crippen LogP contribution in [0, 0.1) is 0 Å². The zero-order chi connectivity index (χ0) is 27.7. The SMILES string of the molecule is NC(N)=NCCC[C@H](N)C(=O)N=c1ccc2[nH+]c3ccc(NC(=O)[C@@H](N)CCCN=C(N)N)cc3sc-2c1. The molecule has 2 atom stereocenters. The summed E-state index contributed by atoms with van der Waals surface area (Å²) in [7, 11) is 0. The van der Waals surface area contributed by atoms with E-state index in [4.69, 9.17) is 34.4 Å². The van der Waals surface area contributed by atoms with Crippen molar-refractivity contribution in [3.63, 3.8) is 0 Å². The van der Waals surface area contributed by atoms with Gasteiger partial charge in [0.05, 0.1) is 17.4 Å². The Morgan fingerprint density at radius 3 is 2.21 bits per heavy atom. The molecule has 202 valence electrons. The van der Waals surface area contributed by atoms with Crippen molar-refractivity contribution in [2.24, 2.45) is 49.4 Å². The van der Waals surface area contributed by atoms with Gasteiger partial charge in [-0.3, -0.25) is 19.6 Å². The lowest BCUT2D eigenvalue weighted by Gasteiger charge is -2.12. The van der Waals surface area contributed by atoms with Crippen molar-refractivity contribution in [1.29, 1.82) is 0 Å². The van der Waals surface area contributed by atoms with E-state index in [0.29, 0.717) is 49.8 Å². The van der Waals surface area contributed by atoms with Gasteiger partial charge in [-0.25, -0.2) is 9.98 Å². The predicted octanol–water partition coefficient (Wildman–Crippen LogP) is -1.05. The van der Waals surface area contributed by atoms with E-state index in [-0.39, 0.29) is 17.8 Å². The number of fused-ring (bicyclic) bond motifs is 2. The van der Waals surface area contributed by atoms with E-state index in [1.807, 2.05) is 24.3 Å². The van der Waals surface area contributed by atoms with E-state index in [2.05, 4.69) is 25.3 Å². The number of aromatic amines is 1. The summed E-state index contributed by atoms with van der Waals surface area (Å²) in [6.45, 7) is 0.812. The summed E-state index contributed by atoms with van der Waals surface area (Å²) >= 11 is 1.50. The topological polar surface area (TPSA) is 254 Å². The molecule has 1 aliphatic heterocycles. The maximum Gasteiger partial charge on any atom is 0.263 e. The summed E-state index contributed by atoms with van der Waals surface area (Å²) in [5.74, 6) is -0.691. The minimum Gasteiger partial charge on any atom is -0.370 e. The maximum atomic E-state index is 12.5. The first-order valence-corrected chi connectivity index (χ1v) is 12.9. The fourth-order valence-corrected chi connectivity index (χ4v) is 4.62. The Labute approximate surface area is 223 Å². The summed E-state index contributed by atoms with van der Waals surface area (Å²) in [6, 6.07) is 9.55. The standard InChI is InChI=1S/C24H33N11O2S/c25-15(3-1-9-31-23(27)28)21(36)33-13-5-7-17-19(11-13)38-20-12-14(6-8-18(20)35-17)34-22(37)16(26)4-2-10-32-24(29)30/h5-8,11-12,15-16H,1-4,9-10,25-26H2,(H,33,36)(H4,27,28,31)(H4,29,30,32)/p+1/t15-,16-/m0/s1. The Kier molecular flexibility index (Phi) is 10.0. The number of carbonyl (C=O) groups excluding carboxylic acids is 2. The molecular formula is C24H34N11O2S+. The van der Waals surface area contributed by atoms with Gasteiger partial charge >= 0.3 is 0 Å². The van der Waals surface area contributed by atoms with Crippen LogP contribution in [0.25, 0.3) is 20.8 Å². The highest BCUT2D eigenvalue weighted by molar-refractivity contribution is 7.21. The second-order valence-corrected chi connectivity index (χ2v) is 9.75. The first kappa shape index (κ1) is 28.4. The van der Waals surface area contributed by atoms with Gasteiger partial charge in [-0.2, -0.15) is 0 Å². The van der Waals surface area contributed by atoms with E-state index < -0.39 is 18.0 Å². The van der Waals surface area contributed by atoms with Crippen molar-refractivity contribution < 1.29 is 14.6 Å². The molecule has 3 rings (SSSR count). The molecule has 14 heteroatoms. The monoisotopic (exact) mass is 540 g/mol. The molecule has 1 aliphatic carbocycles. The molecule has 0 saturated heterocycles. The minimum absolute atomic E-state index is 0.00500. The molecule has 38 heavy (non-hydrogen) atoms. The van der Waals surface area contributed by atoms with Crippen LogP contribution in [0.4, 0.5) is 5.69 Å². The highest BCUT2D eigenvalue weighted by atomic mass is 32.1. The average Bonchev–Trinajstić information content (AvgIpc) is 2.87. The van der Waals surface area contributed by atoms with E-state index in [9.17, 15) is 9.59 Å². The van der Waals surface area contributed by atoms with Gasteiger partial charge in [-0.05, 0) is 49.9 Å². The Morgan fingerprint density at radius 1 is 0.895 bits per heavy atom. The molecule has 1 heterocycles. The number of guanidine groups is 2. The van der Waals surface area contributed by atoms with Crippen molar-refractivity contribution in [3.8, 4) is 10.6 Å². The third-order valence-corrected chi connectivity index (χ3v) is 6.65. The highest BCUT2D eigenvalue weighted by Gasteiger charge is 2.17. The number of nitrogens with two attached hydrogens (primary N) is 6. The number of aromatic nitrogens is 1. The molecule has 0 saturated carbocycles. The smallest absolute Gasteiger partial charge is 0.263 e. The van der Waals surface area contributed by atoms with Gasteiger partial charge in [-0.15, -0.1) is 11.3 Å². The van der Waals surface area contributed by atoms with Crippen molar-refractivity contribution in [1.82, 2.24) is 0 Å². The maximum absolute atomic E-state index is 12.5. The number of nitrogens with one attached hydrogen (secondary N) is 2. The van der Waals surface area contributed by atoms with Gasteiger partial charge in [0.1, 0.15) is 9.58 Å². The van der Waals surface area contributed by atoms with E-state index in [1.54, 1.807) is 12.1 Å². The molecule has 2 aliphatic rings. The van der Waals surface area contributed by atoms with E-state index >= 15 is 0 Å². The van der Waals surface area contributed by atoms with Gasteiger partial charge < -0.3 is 39.7 Å². The average molecular weight is 541 g/mol. The second-order valence-electron chi connectivity index (χ2n) is 8.67. The molecule has 14 N–H and O–H groups in total. The van der Waals surface area contributed by atoms with E-state index in [1.165, 1.54) is 11.3 Å². The number of anilines is 1. The van der Waals surface area contributed by atoms with Crippen LogP contribution < -0.4 is 50.1 Å². The summed E-state index contributed by atoms with van der Waals surface area (Å²) in [6.07, 6.45) is 2.03. The largest absolute Gasteiger partial charge is 0.370 e. The van der Waals surface area contributed by atoms with Crippen LogP contribution in [-0.4, -0.2) is 48.9 Å². The minimum atomic E-state index is -0.740. The van der Waals surface area contributed by atoms with Gasteiger partial charge in [0.2, 0.25) is 17.1 Å². The molecule has 0 radical (unpaired) electrons. The third kappa shape index (κ3) is 8.47. The summed E-state index contributed by atoms with van der Waals surface area (Å²) in [4.78, 5) is 41.1. The first-order chi connectivity index (χ1) is 18.1. The highest BCUT2D eigenvalue weighted by Crippen LogP contribution is 2.28. The van der Waals surface area contributed by atoms with Crippen LogP contribution in [0.5, 0.6) is 0 Å². The molecule has 0 aromatic heterocycles. The molecule has 1 aromatic rings. The number of nitrogens with zero attached hydrogens (tertiary/aromatic N) is 3. The summed E-state index contributed by atoms with van der Waals surface area (Å²) < 4.78 is 0.900. The fraction of sp³-hybridized carbons (Fsp3) is 0.333. The van der Waals surface area contributed by atoms with Gasteiger partial charge in [-0.1, -0.05) is 0 Å². The van der Waals surface area contributed by atoms with Crippen LogP contribution in [0.15, 0.2) is 51.4 Å². The predicted molar refractivity (Wildman–Crippen MR) is 150 cm³/mol. The van der Waals surface area contributed by atoms with Crippen LogP contribution in [0.2, 0.25) is 0 Å². The van der Waals surface area contributed by atoms with Crippen molar-refractivity contribution in [3.05, 3.63) is 41.8 Å². The summed E-state index contributed by atoms with van der Waals surface area (Å²) in [5, 5.41) is 3.36. The lowest BCUT2D eigenvalue weighted by molar-refractivity contribution is -0.330. The van der Waals surface area contributed by atoms with Crippen LogP contribution in [-0.2, 0) is 9.59 Å². The molecule has 13 nitrogen and oxygen atoms in total. The fourth-order valence-electron chi connectivity index (χ4n) is 3.56. The lowest BCUT2D eigenvalue weighted by atomic mass is 10.1. The molecule has 0 fully saturated rings. The zero-order valence-corrected chi connectivity index (χ0v) is 21.7. The number of hydrogen-bond acceptors (Lipinski definition) is 7. The lowest BCUT2D eigenvalue weighted by Crippen LogP contribution is -2.35. The van der Waals surface area contributed by atoms with Crippen molar-refractivity contribution >= 4 is 51.0 Å². The van der Waals surface area contributed by atoms with E-state index in [0.717, 1.165) is 20.8 Å². The normalized spacial score (nSPS) is 13.2. The number of H-pyrrole nitrogens is 1. The van der Waals surface area contributed by atoms with Crippen LogP contribution in [0.3, 0.4) is 0 Å². The van der Waals surface area contributed by atoms with Gasteiger partial charge in [0.25, 0.3) is 5.91 Å². The molecule has 0 bridgehead atoms. The molecule has 0 unspecified atom stereocenters. The number of aliphatic imine (C=N–C) groups is 2. The van der Waals surface area contributed by atoms with Crippen molar-refractivity contribution in [2.75, 3.05) is 18.4 Å². The molecule has 1 aromatic carbocycles. The van der Waals surface area contributed by atoms with Crippen LogP contribution in [0.1, 0.15) is 25.7 Å². The number of hydrogen-bond donors (Lipinski definition) is 7. The summed E-state index contributed by atoms with van der Waals surface area (Å²) in [5.41, 5.74) is 35.6. The molecular weight excluding hydrogens is 506 g/mol. The zero-order valence-electron chi connectivity index (χ0n) is 20.9.